The SMILES string of the molecule is C=CC(=O)C1CCN(c2ccc(C(N)=O)c(NC3CCCCC3)n2)C1N. The molecule has 0 aromatic carbocycles. The lowest BCUT2D eigenvalue weighted by molar-refractivity contribution is -0.118. The summed E-state index contributed by atoms with van der Waals surface area (Å²) in [7, 11) is 0. The van der Waals surface area contributed by atoms with Crippen molar-refractivity contribution in [3.63, 3.8) is 0 Å². The number of primary amides is 1. The number of nitrogens with two attached hydrogens (primary N) is 2. The van der Waals surface area contributed by atoms with Crippen LogP contribution in [0.3, 0.4) is 0 Å². The first-order valence-corrected chi connectivity index (χ1v) is 9.27. The molecule has 1 aliphatic heterocycles. The largest absolute Gasteiger partial charge is 0.367 e. The lowest BCUT2D eigenvalue weighted by Gasteiger charge is -2.27. The molecule has 3 rings (SSSR count). The van der Waals surface area contributed by atoms with Gasteiger partial charge in [-0.1, -0.05) is 25.8 Å². The predicted octanol–water partition coefficient (Wildman–Crippen LogP) is 1.79. The van der Waals surface area contributed by atoms with Gasteiger partial charge in [0, 0.05) is 12.6 Å². The van der Waals surface area contributed by atoms with Crippen molar-refractivity contribution in [2.24, 2.45) is 17.4 Å². The van der Waals surface area contributed by atoms with Gasteiger partial charge < -0.3 is 21.7 Å². The summed E-state index contributed by atoms with van der Waals surface area (Å²) in [5.74, 6) is 0.328. The number of carbonyl (C=O) groups excluding carboxylic acids is 2. The molecule has 0 bridgehead atoms. The summed E-state index contributed by atoms with van der Waals surface area (Å²) in [4.78, 5) is 30.3. The van der Waals surface area contributed by atoms with Crippen molar-refractivity contribution in [2.75, 3.05) is 16.8 Å². The van der Waals surface area contributed by atoms with E-state index in [9.17, 15) is 9.59 Å². The molecule has 2 heterocycles. The molecular weight excluding hydrogens is 330 g/mol. The highest BCUT2D eigenvalue weighted by molar-refractivity contribution is 5.98. The number of amides is 1. The first-order chi connectivity index (χ1) is 12.5. The van der Waals surface area contributed by atoms with Crippen LogP contribution in [0.25, 0.3) is 0 Å². The number of aromatic nitrogens is 1. The molecule has 2 unspecified atom stereocenters. The highest BCUT2D eigenvalue weighted by Gasteiger charge is 2.36. The molecule has 0 spiro atoms. The van der Waals surface area contributed by atoms with E-state index in [1.807, 2.05) is 4.90 Å². The Morgan fingerprint density at radius 3 is 2.62 bits per heavy atom. The van der Waals surface area contributed by atoms with Crippen molar-refractivity contribution in [3.8, 4) is 0 Å². The second-order valence-electron chi connectivity index (χ2n) is 7.09. The van der Waals surface area contributed by atoms with Crippen LogP contribution >= 0.6 is 0 Å². The molecule has 2 aliphatic rings. The van der Waals surface area contributed by atoms with Crippen LogP contribution in [0, 0.1) is 5.92 Å². The molecule has 1 aromatic rings. The van der Waals surface area contributed by atoms with E-state index in [0.29, 0.717) is 36.2 Å². The molecule has 7 nitrogen and oxygen atoms in total. The Hall–Kier alpha value is -2.41. The second kappa shape index (κ2) is 7.86. The van der Waals surface area contributed by atoms with Gasteiger partial charge in [-0.05, 0) is 37.5 Å². The van der Waals surface area contributed by atoms with Gasteiger partial charge >= 0.3 is 0 Å². The predicted molar refractivity (Wildman–Crippen MR) is 102 cm³/mol. The van der Waals surface area contributed by atoms with Gasteiger partial charge in [0.05, 0.1) is 17.6 Å². The Kier molecular flexibility index (Phi) is 5.56. The minimum absolute atomic E-state index is 0.0469. The van der Waals surface area contributed by atoms with Gasteiger partial charge in [-0.15, -0.1) is 0 Å². The number of ketones is 1. The molecule has 2 atom stereocenters. The number of anilines is 2. The van der Waals surface area contributed by atoms with Gasteiger partial charge in [-0.25, -0.2) is 4.98 Å². The number of hydrogen-bond donors (Lipinski definition) is 3. The summed E-state index contributed by atoms with van der Waals surface area (Å²) in [5, 5.41) is 3.39. The summed E-state index contributed by atoms with van der Waals surface area (Å²) in [6, 6.07) is 3.73. The van der Waals surface area contributed by atoms with E-state index < -0.39 is 12.1 Å². The molecule has 7 heteroatoms. The summed E-state index contributed by atoms with van der Waals surface area (Å²) >= 11 is 0. The van der Waals surface area contributed by atoms with Gasteiger partial charge in [0.25, 0.3) is 5.91 Å². The number of nitrogens with zero attached hydrogens (tertiary/aromatic N) is 2. The van der Waals surface area contributed by atoms with Crippen molar-refractivity contribution >= 4 is 23.3 Å². The molecule has 1 saturated heterocycles. The third-order valence-corrected chi connectivity index (χ3v) is 5.41. The molecule has 26 heavy (non-hydrogen) atoms. The zero-order chi connectivity index (χ0) is 18.7. The Labute approximate surface area is 153 Å². The van der Waals surface area contributed by atoms with Crippen LogP contribution in [-0.2, 0) is 4.79 Å². The average molecular weight is 357 g/mol. The normalized spacial score (nSPS) is 23.7. The monoisotopic (exact) mass is 357 g/mol. The quantitative estimate of drug-likeness (QED) is 0.669. The van der Waals surface area contributed by atoms with Crippen molar-refractivity contribution in [2.45, 2.75) is 50.7 Å². The topological polar surface area (TPSA) is 114 Å². The van der Waals surface area contributed by atoms with E-state index in [1.165, 1.54) is 25.3 Å². The van der Waals surface area contributed by atoms with E-state index >= 15 is 0 Å². The maximum atomic E-state index is 12.0. The molecule has 140 valence electrons. The summed E-state index contributed by atoms with van der Waals surface area (Å²) in [6.45, 7) is 4.18. The number of rotatable bonds is 6. The van der Waals surface area contributed by atoms with Gasteiger partial charge in [-0.3, -0.25) is 9.59 Å². The van der Waals surface area contributed by atoms with E-state index in [1.54, 1.807) is 12.1 Å². The van der Waals surface area contributed by atoms with Crippen LogP contribution in [0.15, 0.2) is 24.8 Å². The molecule has 1 aliphatic carbocycles. The third-order valence-electron chi connectivity index (χ3n) is 5.41. The summed E-state index contributed by atoms with van der Waals surface area (Å²) in [5.41, 5.74) is 12.2. The minimum Gasteiger partial charge on any atom is -0.367 e. The van der Waals surface area contributed by atoms with E-state index in [4.69, 9.17) is 11.5 Å². The Morgan fingerprint density at radius 1 is 1.23 bits per heavy atom. The number of hydrogen-bond acceptors (Lipinski definition) is 6. The van der Waals surface area contributed by atoms with Gasteiger partial charge in [0.1, 0.15) is 11.6 Å². The Balaban J connectivity index is 1.84. The van der Waals surface area contributed by atoms with Crippen molar-refractivity contribution < 1.29 is 9.59 Å². The second-order valence-corrected chi connectivity index (χ2v) is 7.09. The fourth-order valence-corrected chi connectivity index (χ4v) is 3.90. The fraction of sp³-hybridized carbons (Fsp3) is 0.526. The lowest BCUT2D eigenvalue weighted by atomic mass is 9.95. The zero-order valence-electron chi connectivity index (χ0n) is 15.0. The molecule has 1 saturated carbocycles. The van der Waals surface area contributed by atoms with Gasteiger partial charge in [-0.2, -0.15) is 0 Å². The maximum absolute atomic E-state index is 12.0. The lowest BCUT2D eigenvalue weighted by Crippen LogP contribution is -2.43. The smallest absolute Gasteiger partial charge is 0.252 e. The van der Waals surface area contributed by atoms with E-state index in [0.717, 1.165) is 12.8 Å². The number of nitrogens with one attached hydrogen (secondary N) is 1. The molecule has 0 radical (unpaired) electrons. The van der Waals surface area contributed by atoms with Crippen molar-refractivity contribution in [1.82, 2.24) is 4.98 Å². The van der Waals surface area contributed by atoms with E-state index in [2.05, 4.69) is 16.9 Å². The first-order valence-electron chi connectivity index (χ1n) is 9.27. The minimum atomic E-state index is -0.507. The highest BCUT2D eigenvalue weighted by Crippen LogP contribution is 2.30. The zero-order valence-corrected chi connectivity index (χ0v) is 15.0. The molecular formula is C19H27N5O2. The summed E-state index contributed by atoms with van der Waals surface area (Å²) < 4.78 is 0. The van der Waals surface area contributed by atoms with Crippen LogP contribution in [-0.4, -0.2) is 35.4 Å². The molecule has 5 N–H and O–H groups in total. The summed E-state index contributed by atoms with van der Waals surface area (Å²) in [6.07, 6.45) is 7.25. The van der Waals surface area contributed by atoms with Crippen molar-refractivity contribution in [3.05, 3.63) is 30.4 Å². The fourth-order valence-electron chi connectivity index (χ4n) is 3.90. The molecule has 1 amide bonds. The maximum Gasteiger partial charge on any atom is 0.252 e. The number of pyridine rings is 1. The van der Waals surface area contributed by atoms with Crippen LogP contribution in [0.2, 0.25) is 0 Å². The molecule has 2 fully saturated rings. The Bertz CT molecular complexity index is 699. The first kappa shape index (κ1) is 18.4. The van der Waals surface area contributed by atoms with Crippen LogP contribution in [0.4, 0.5) is 11.6 Å². The van der Waals surface area contributed by atoms with Gasteiger partial charge in [0.15, 0.2) is 5.78 Å². The third kappa shape index (κ3) is 3.72. The Morgan fingerprint density at radius 2 is 1.96 bits per heavy atom. The standard InChI is InChI=1S/C19H27N5O2/c1-2-15(25)13-10-11-24(17(13)20)16-9-8-14(18(21)26)19(23-16)22-12-6-4-3-5-7-12/h2,8-9,12-13,17H,1,3-7,10-11,20H2,(H2,21,26)(H,22,23). The molecule has 1 aromatic heterocycles. The van der Waals surface area contributed by atoms with Crippen molar-refractivity contribution in [1.29, 1.82) is 0 Å². The van der Waals surface area contributed by atoms with Gasteiger partial charge in [0.2, 0.25) is 0 Å². The average Bonchev–Trinajstić information content (AvgIpc) is 3.03. The number of carbonyl (C=O) groups is 2. The highest BCUT2D eigenvalue weighted by atomic mass is 16.1. The number of allylic oxidation sites excluding steroid dienone is 1. The van der Waals surface area contributed by atoms with E-state index in [-0.39, 0.29) is 11.7 Å². The van der Waals surface area contributed by atoms with Crippen LogP contribution in [0.5, 0.6) is 0 Å². The van der Waals surface area contributed by atoms with Crippen LogP contribution in [0.1, 0.15) is 48.9 Å². The van der Waals surface area contributed by atoms with Crippen LogP contribution < -0.4 is 21.7 Å².